The van der Waals surface area contributed by atoms with Gasteiger partial charge in [-0.15, -0.1) is 0 Å². The van der Waals surface area contributed by atoms with Crippen LogP contribution < -0.4 is 10.1 Å². The summed E-state index contributed by atoms with van der Waals surface area (Å²) in [6.45, 7) is 2.81. The Hall–Kier alpha value is -3.47. The number of rotatable bonds is 7. The second kappa shape index (κ2) is 9.29. The van der Waals surface area contributed by atoms with E-state index in [2.05, 4.69) is 15.3 Å². The third-order valence-electron chi connectivity index (χ3n) is 3.83. The zero-order valence-electron chi connectivity index (χ0n) is 15.1. The van der Waals surface area contributed by atoms with Crippen molar-refractivity contribution >= 4 is 12.0 Å². The molecule has 1 N–H and O–H groups in total. The number of hydrogen-bond donors (Lipinski definition) is 1. The number of ether oxygens (including phenoxy) is 1. The molecule has 1 aromatic carbocycles. The molecule has 0 unspecified atom stereocenters. The molecule has 1 amide bonds. The van der Waals surface area contributed by atoms with Gasteiger partial charge in [0.15, 0.2) is 0 Å². The fraction of sp³-hybridized carbons (Fsp3) is 0.136. The number of benzene rings is 1. The standard InChI is InChI=1S/C22H21N3O2/c1-17-4-2-6-20(25-17)15-24-22(26)12-9-18-7-10-21(11-8-18)27-16-19-5-3-13-23-14-19/h2-14H,15-16H2,1H3,(H,24,26)/b12-9+. The summed E-state index contributed by atoms with van der Waals surface area (Å²) in [6, 6.07) is 17.2. The van der Waals surface area contributed by atoms with E-state index in [1.165, 1.54) is 6.08 Å². The third kappa shape index (κ3) is 6.08. The van der Waals surface area contributed by atoms with Crippen LogP contribution in [-0.4, -0.2) is 15.9 Å². The highest BCUT2D eigenvalue weighted by Crippen LogP contribution is 2.14. The van der Waals surface area contributed by atoms with Crippen LogP contribution in [0.25, 0.3) is 6.08 Å². The molecule has 0 aliphatic rings. The lowest BCUT2D eigenvalue weighted by Gasteiger charge is -2.06. The minimum Gasteiger partial charge on any atom is -0.489 e. The second-order valence-corrected chi connectivity index (χ2v) is 6.04. The molecule has 27 heavy (non-hydrogen) atoms. The van der Waals surface area contributed by atoms with Gasteiger partial charge in [-0.2, -0.15) is 0 Å². The van der Waals surface area contributed by atoms with Crippen molar-refractivity contribution < 1.29 is 9.53 Å². The maximum Gasteiger partial charge on any atom is 0.244 e. The van der Waals surface area contributed by atoms with Gasteiger partial charge in [-0.25, -0.2) is 0 Å². The SMILES string of the molecule is Cc1cccc(CNC(=O)/C=C/c2ccc(OCc3cccnc3)cc2)n1. The number of carbonyl (C=O) groups excluding carboxylic acids is 1. The average molecular weight is 359 g/mol. The maximum absolute atomic E-state index is 11.9. The Morgan fingerprint density at radius 2 is 1.96 bits per heavy atom. The summed E-state index contributed by atoms with van der Waals surface area (Å²) in [5, 5.41) is 2.83. The normalized spacial score (nSPS) is 10.7. The van der Waals surface area contributed by atoms with Gasteiger partial charge in [-0.3, -0.25) is 14.8 Å². The lowest BCUT2D eigenvalue weighted by molar-refractivity contribution is -0.116. The molecule has 136 valence electrons. The summed E-state index contributed by atoms with van der Waals surface area (Å²) in [7, 11) is 0. The molecule has 0 bridgehead atoms. The Labute approximate surface area is 158 Å². The molecule has 0 aliphatic heterocycles. The smallest absolute Gasteiger partial charge is 0.244 e. The Bertz CT molecular complexity index is 906. The van der Waals surface area contributed by atoms with Gasteiger partial charge in [0, 0.05) is 29.7 Å². The first kappa shape index (κ1) is 18.3. The number of carbonyl (C=O) groups is 1. The number of pyridine rings is 2. The molecule has 3 aromatic rings. The van der Waals surface area contributed by atoms with E-state index in [1.807, 2.05) is 61.5 Å². The van der Waals surface area contributed by atoms with E-state index in [1.54, 1.807) is 18.5 Å². The Morgan fingerprint density at radius 3 is 2.70 bits per heavy atom. The molecule has 0 saturated heterocycles. The quantitative estimate of drug-likeness (QED) is 0.654. The van der Waals surface area contributed by atoms with E-state index >= 15 is 0 Å². The zero-order chi connectivity index (χ0) is 18.9. The van der Waals surface area contributed by atoms with Gasteiger partial charge in [0.2, 0.25) is 5.91 Å². The molecule has 0 fully saturated rings. The molecule has 0 atom stereocenters. The molecule has 2 heterocycles. The first-order valence-corrected chi connectivity index (χ1v) is 8.69. The number of hydrogen-bond acceptors (Lipinski definition) is 4. The van der Waals surface area contributed by atoms with Crippen molar-refractivity contribution in [1.82, 2.24) is 15.3 Å². The number of aromatic nitrogens is 2. The fourth-order valence-electron chi connectivity index (χ4n) is 2.43. The molecule has 0 saturated carbocycles. The predicted octanol–water partition coefficient (Wildman–Crippen LogP) is 3.69. The van der Waals surface area contributed by atoms with Gasteiger partial charge in [0.05, 0.1) is 12.2 Å². The minimum absolute atomic E-state index is 0.157. The van der Waals surface area contributed by atoms with Crippen LogP contribution in [-0.2, 0) is 17.9 Å². The number of nitrogens with zero attached hydrogens (tertiary/aromatic N) is 2. The van der Waals surface area contributed by atoms with Gasteiger partial charge in [0.1, 0.15) is 12.4 Å². The Balaban J connectivity index is 1.47. The molecule has 3 rings (SSSR count). The summed E-state index contributed by atoms with van der Waals surface area (Å²) in [5.41, 5.74) is 3.71. The predicted molar refractivity (Wildman–Crippen MR) is 105 cm³/mol. The summed E-state index contributed by atoms with van der Waals surface area (Å²) in [6.07, 6.45) is 6.80. The van der Waals surface area contributed by atoms with Crippen LogP contribution in [0.4, 0.5) is 0 Å². The molecule has 5 nitrogen and oxygen atoms in total. The van der Waals surface area contributed by atoms with Crippen molar-refractivity contribution in [2.45, 2.75) is 20.1 Å². The van der Waals surface area contributed by atoms with Crippen LogP contribution in [0.3, 0.4) is 0 Å². The van der Waals surface area contributed by atoms with E-state index in [0.29, 0.717) is 13.2 Å². The van der Waals surface area contributed by atoms with Gasteiger partial charge in [0.25, 0.3) is 0 Å². The molecule has 0 aliphatic carbocycles. The third-order valence-corrected chi connectivity index (χ3v) is 3.83. The summed E-state index contributed by atoms with van der Waals surface area (Å²) in [5.74, 6) is 0.612. The highest BCUT2D eigenvalue weighted by Gasteiger charge is 1.99. The lowest BCUT2D eigenvalue weighted by atomic mass is 10.2. The Kier molecular flexibility index (Phi) is 6.30. The van der Waals surface area contributed by atoms with Crippen molar-refractivity contribution in [3.8, 4) is 5.75 Å². The molecule has 0 spiro atoms. The lowest BCUT2D eigenvalue weighted by Crippen LogP contribution is -2.20. The van der Waals surface area contributed by atoms with Crippen molar-refractivity contribution in [3.05, 3.63) is 95.6 Å². The van der Waals surface area contributed by atoms with Crippen LogP contribution in [0.15, 0.2) is 73.1 Å². The van der Waals surface area contributed by atoms with Crippen LogP contribution in [0.5, 0.6) is 5.75 Å². The zero-order valence-corrected chi connectivity index (χ0v) is 15.1. The van der Waals surface area contributed by atoms with Crippen LogP contribution in [0, 0.1) is 6.92 Å². The maximum atomic E-state index is 11.9. The highest BCUT2D eigenvalue weighted by molar-refractivity contribution is 5.91. The largest absolute Gasteiger partial charge is 0.489 e. The van der Waals surface area contributed by atoms with E-state index in [9.17, 15) is 4.79 Å². The highest BCUT2D eigenvalue weighted by atomic mass is 16.5. The number of nitrogens with one attached hydrogen (secondary N) is 1. The van der Waals surface area contributed by atoms with E-state index in [4.69, 9.17) is 4.74 Å². The van der Waals surface area contributed by atoms with Crippen LogP contribution >= 0.6 is 0 Å². The van der Waals surface area contributed by atoms with Gasteiger partial charge in [-0.05, 0) is 48.9 Å². The number of amides is 1. The molecular formula is C22H21N3O2. The van der Waals surface area contributed by atoms with Crippen molar-refractivity contribution in [3.63, 3.8) is 0 Å². The molecular weight excluding hydrogens is 338 g/mol. The fourth-order valence-corrected chi connectivity index (χ4v) is 2.43. The van der Waals surface area contributed by atoms with Crippen molar-refractivity contribution in [2.75, 3.05) is 0 Å². The second-order valence-electron chi connectivity index (χ2n) is 6.04. The van der Waals surface area contributed by atoms with Crippen LogP contribution in [0.1, 0.15) is 22.5 Å². The molecule has 5 heteroatoms. The topological polar surface area (TPSA) is 64.1 Å². The molecule has 0 radical (unpaired) electrons. The van der Waals surface area contributed by atoms with Gasteiger partial charge in [-0.1, -0.05) is 24.3 Å². The van der Waals surface area contributed by atoms with Crippen LogP contribution in [0.2, 0.25) is 0 Å². The molecule has 2 aromatic heterocycles. The minimum atomic E-state index is -0.157. The Morgan fingerprint density at radius 1 is 1.11 bits per heavy atom. The monoisotopic (exact) mass is 359 g/mol. The van der Waals surface area contributed by atoms with Gasteiger partial charge < -0.3 is 10.1 Å². The van der Waals surface area contributed by atoms with E-state index < -0.39 is 0 Å². The first-order valence-electron chi connectivity index (χ1n) is 8.69. The van der Waals surface area contributed by atoms with Crippen molar-refractivity contribution in [1.29, 1.82) is 0 Å². The summed E-state index contributed by atoms with van der Waals surface area (Å²) >= 11 is 0. The summed E-state index contributed by atoms with van der Waals surface area (Å²) < 4.78 is 5.72. The van der Waals surface area contributed by atoms with Gasteiger partial charge >= 0.3 is 0 Å². The number of aryl methyl sites for hydroxylation is 1. The van der Waals surface area contributed by atoms with Crippen molar-refractivity contribution in [2.24, 2.45) is 0 Å². The average Bonchev–Trinajstić information content (AvgIpc) is 2.71. The summed E-state index contributed by atoms with van der Waals surface area (Å²) in [4.78, 5) is 20.4. The first-order chi connectivity index (χ1) is 13.2. The van der Waals surface area contributed by atoms with E-state index in [0.717, 1.165) is 28.3 Å². The van der Waals surface area contributed by atoms with E-state index in [-0.39, 0.29) is 5.91 Å².